The summed E-state index contributed by atoms with van der Waals surface area (Å²) in [5, 5.41) is 0. The van der Waals surface area contributed by atoms with Gasteiger partial charge in [-0.05, 0) is 0 Å². The fraction of sp³-hybridized carbons (Fsp3) is 0.400. The number of hydrogen-bond donors (Lipinski definition) is 2. The first-order chi connectivity index (χ1) is 4.86. The molecule has 2 N–H and O–H groups in total. The molecule has 5 heteroatoms. The van der Waals surface area contributed by atoms with E-state index in [1.165, 1.54) is 0 Å². The van der Waals surface area contributed by atoms with Gasteiger partial charge < -0.3 is 0 Å². The summed E-state index contributed by atoms with van der Waals surface area (Å²) in [5.74, 6) is 0. The average Bonchev–Trinajstić information content (AvgIpc) is 2.27. The lowest BCUT2D eigenvalue weighted by molar-refractivity contribution is 0.837. The topological polar surface area (TPSA) is 73.4 Å². The highest BCUT2D eigenvalue weighted by Gasteiger charge is 1.96. The summed E-state index contributed by atoms with van der Waals surface area (Å²) in [6.45, 7) is 1.33. The van der Waals surface area contributed by atoms with E-state index in [1.807, 2.05) is 0 Å². The third-order valence-corrected chi connectivity index (χ3v) is 1.33. The molecule has 1 aliphatic heterocycles. The Labute approximate surface area is 55.5 Å². The predicted octanol–water partition coefficient (Wildman–Crippen LogP) is -2.04. The lowest BCUT2D eigenvalue weighted by Crippen LogP contribution is -2.29. The maximum atomic E-state index is 10.6. The van der Waals surface area contributed by atoms with Gasteiger partial charge in [-0.3, -0.25) is 20.0 Å². The molecule has 0 radical (unpaired) electrons. The molecule has 2 rings (SSSR count). The molecule has 1 aromatic rings. The number of aromatic nitrogens is 2. The average molecular weight is 138 g/mol. The molecule has 0 fully saturated rings. The molecule has 0 aliphatic carbocycles. The number of imidazole rings is 1. The van der Waals surface area contributed by atoms with Gasteiger partial charge in [0.25, 0.3) is 0 Å². The van der Waals surface area contributed by atoms with E-state index in [-0.39, 0.29) is 5.69 Å². The second-order valence-corrected chi connectivity index (χ2v) is 2.04. The molecule has 0 bridgehead atoms. The van der Waals surface area contributed by atoms with Crippen molar-refractivity contribution in [2.45, 2.75) is 0 Å². The van der Waals surface area contributed by atoms with Gasteiger partial charge in [0.1, 0.15) is 0 Å². The monoisotopic (exact) mass is 138 g/mol. The Balaban J connectivity index is 2.96. The first kappa shape index (κ1) is 5.40. The fourth-order valence-corrected chi connectivity index (χ4v) is 0.917. The van der Waals surface area contributed by atoms with Crippen LogP contribution in [0.15, 0.2) is 14.8 Å². The number of fused-ring (bicyclic) bond motifs is 1. The first-order valence-electron chi connectivity index (χ1n) is 3.03. The van der Waals surface area contributed by atoms with Crippen molar-refractivity contribution >= 4 is 0 Å². The molecule has 2 heterocycles. The highest BCUT2D eigenvalue weighted by Crippen LogP contribution is 1.70. The van der Waals surface area contributed by atoms with Crippen LogP contribution in [0.5, 0.6) is 0 Å². The molecule has 0 spiro atoms. The number of hydrogen-bond acceptors (Lipinski definition) is 3. The van der Waals surface area contributed by atoms with E-state index in [0.29, 0.717) is 24.1 Å². The summed E-state index contributed by atoms with van der Waals surface area (Å²) in [5.41, 5.74) is 0.923. The molecule has 0 amide bonds. The van der Waals surface area contributed by atoms with E-state index in [4.69, 9.17) is 0 Å². The van der Waals surface area contributed by atoms with Crippen LogP contribution >= 0.6 is 0 Å². The van der Waals surface area contributed by atoms with Crippen LogP contribution in [0.3, 0.4) is 0 Å². The van der Waals surface area contributed by atoms with Crippen molar-refractivity contribution < 1.29 is 0 Å². The van der Waals surface area contributed by atoms with E-state index in [1.54, 1.807) is 0 Å². The zero-order chi connectivity index (χ0) is 6.97. The van der Waals surface area contributed by atoms with E-state index < -0.39 is 0 Å². The number of nitrogens with zero attached hydrogens (tertiary/aromatic N) is 2. The summed E-state index contributed by atoms with van der Waals surface area (Å²) in [6.07, 6.45) is 0. The normalized spacial score (nSPS) is 15.2. The van der Waals surface area contributed by atoms with Crippen LogP contribution in [0.25, 0.3) is 0 Å². The van der Waals surface area contributed by atoms with Gasteiger partial charge in [-0.1, -0.05) is 0 Å². The first-order valence-corrected chi connectivity index (χ1v) is 3.03. The van der Waals surface area contributed by atoms with Crippen molar-refractivity contribution in [1.82, 2.24) is 9.97 Å². The van der Waals surface area contributed by atoms with Gasteiger partial charge in [0, 0.05) is 0 Å². The minimum Gasteiger partial charge on any atom is -0.289 e. The van der Waals surface area contributed by atoms with Gasteiger partial charge in [0.15, 0.2) is 11.0 Å². The van der Waals surface area contributed by atoms with E-state index >= 15 is 0 Å². The van der Waals surface area contributed by atoms with Crippen LogP contribution < -0.4 is 16.7 Å². The third kappa shape index (κ3) is 0.671. The van der Waals surface area contributed by atoms with Crippen LogP contribution in [-0.2, 0) is 0 Å². The van der Waals surface area contributed by atoms with E-state index in [9.17, 15) is 4.79 Å². The zero-order valence-corrected chi connectivity index (χ0v) is 5.22. The minimum atomic E-state index is -0.237. The second-order valence-electron chi connectivity index (χ2n) is 2.04. The van der Waals surface area contributed by atoms with Crippen molar-refractivity contribution in [3.63, 3.8) is 0 Å². The summed E-state index contributed by atoms with van der Waals surface area (Å²) in [6, 6.07) is 0. The Kier molecular flexibility index (Phi) is 0.969. The summed E-state index contributed by atoms with van der Waals surface area (Å²) >= 11 is 0. The number of aromatic amines is 2. The Morgan fingerprint density at radius 3 is 2.10 bits per heavy atom. The molecular formula is C5H6N4O. The van der Waals surface area contributed by atoms with E-state index in [2.05, 4.69) is 20.0 Å². The van der Waals surface area contributed by atoms with Crippen molar-refractivity contribution in [2.75, 3.05) is 13.1 Å². The molecule has 0 atom stereocenters. The summed E-state index contributed by atoms with van der Waals surface area (Å²) in [4.78, 5) is 23.7. The third-order valence-electron chi connectivity index (χ3n) is 1.33. The van der Waals surface area contributed by atoms with Gasteiger partial charge in [0.05, 0.1) is 13.1 Å². The largest absolute Gasteiger partial charge is 0.326 e. The lowest BCUT2D eigenvalue weighted by atomic mass is 10.6. The molecule has 0 aromatic carbocycles. The van der Waals surface area contributed by atoms with Gasteiger partial charge in [-0.25, -0.2) is 4.79 Å². The highest BCUT2D eigenvalue weighted by molar-refractivity contribution is 4.76. The van der Waals surface area contributed by atoms with Crippen LogP contribution in [0.2, 0.25) is 0 Å². The molecular weight excluding hydrogens is 132 g/mol. The second kappa shape index (κ2) is 1.80. The fourth-order valence-electron chi connectivity index (χ4n) is 0.917. The molecule has 10 heavy (non-hydrogen) atoms. The van der Waals surface area contributed by atoms with Gasteiger partial charge in [-0.15, -0.1) is 0 Å². The van der Waals surface area contributed by atoms with E-state index in [0.717, 1.165) is 0 Å². The minimum absolute atomic E-state index is 0.237. The van der Waals surface area contributed by atoms with Crippen molar-refractivity contribution in [1.29, 1.82) is 0 Å². The molecule has 0 saturated heterocycles. The molecule has 0 saturated carbocycles. The Hall–Kier alpha value is -1.39. The van der Waals surface area contributed by atoms with Gasteiger partial charge in [-0.2, -0.15) is 0 Å². The number of nitrogens with one attached hydrogen (secondary N) is 2. The maximum Gasteiger partial charge on any atom is 0.326 e. The van der Waals surface area contributed by atoms with Gasteiger partial charge in [0.2, 0.25) is 0 Å². The van der Waals surface area contributed by atoms with Crippen molar-refractivity contribution in [3.05, 3.63) is 21.5 Å². The van der Waals surface area contributed by atoms with Crippen molar-refractivity contribution in [2.24, 2.45) is 9.98 Å². The molecule has 0 unspecified atom stereocenters. The van der Waals surface area contributed by atoms with Gasteiger partial charge >= 0.3 is 5.69 Å². The molecule has 1 aromatic heterocycles. The lowest BCUT2D eigenvalue weighted by Gasteiger charge is -1.90. The maximum absolute atomic E-state index is 10.6. The number of rotatable bonds is 0. The van der Waals surface area contributed by atoms with Crippen LogP contribution in [-0.4, -0.2) is 23.1 Å². The summed E-state index contributed by atoms with van der Waals surface area (Å²) < 4.78 is 0. The standard InChI is InChI=1S/C5H6N4O/c10-5-8-3-4(9-5)7-2-1-6-3/h1-2H2,(H2,6,7,8,9,10). The molecule has 1 aliphatic rings. The molecule has 5 nitrogen and oxygen atoms in total. The molecule has 52 valence electrons. The quantitative estimate of drug-likeness (QED) is 0.425. The van der Waals surface area contributed by atoms with Crippen molar-refractivity contribution in [3.8, 4) is 0 Å². The van der Waals surface area contributed by atoms with Crippen LogP contribution in [0.1, 0.15) is 0 Å². The highest BCUT2D eigenvalue weighted by atomic mass is 16.1. The van der Waals surface area contributed by atoms with Crippen LogP contribution in [0, 0.1) is 0 Å². The predicted molar refractivity (Wildman–Crippen MR) is 33.5 cm³/mol. The smallest absolute Gasteiger partial charge is 0.289 e. The Morgan fingerprint density at radius 1 is 1.10 bits per heavy atom. The SMILES string of the molecule is O=c1[nH]c2c([nH]1)=NCCN=2. The van der Waals surface area contributed by atoms with Crippen LogP contribution in [0.4, 0.5) is 0 Å². The Bertz CT molecular complexity index is 362. The number of H-pyrrole nitrogens is 2. The summed E-state index contributed by atoms with van der Waals surface area (Å²) in [7, 11) is 0. The Morgan fingerprint density at radius 2 is 1.60 bits per heavy atom. The zero-order valence-electron chi connectivity index (χ0n) is 5.22.